The van der Waals surface area contributed by atoms with Crippen molar-refractivity contribution >= 4 is 23.0 Å². The lowest BCUT2D eigenvalue weighted by Crippen LogP contribution is -2.20. The summed E-state index contributed by atoms with van der Waals surface area (Å²) in [7, 11) is 4.04. The molecule has 1 aromatic rings. The summed E-state index contributed by atoms with van der Waals surface area (Å²) in [5.74, 6) is 0. The molecule has 0 fully saturated rings. The summed E-state index contributed by atoms with van der Waals surface area (Å²) in [5.41, 5.74) is 7.26. The van der Waals surface area contributed by atoms with Crippen molar-refractivity contribution in [1.82, 2.24) is 4.90 Å². The van der Waals surface area contributed by atoms with Gasteiger partial charge in [0.25, 0.3) is 0 Å². The molecular weight excluding hydrogens is 238 g/mol. The second-order valence-electron chi connectivity index (χ2n) is 4.04. The van der Waals surface area contributed by atoms with E-state index in [1.807, 2.05) is 26.2 Å². The fourth-order valence-electron chi connectivity index (χ4n) is 1.30. The average molecular weight is 258 g/mol. The minimum atomic E-state index is 0.573. The Balaban J connectivity index is 2.20. The number of likely N-dealkylation sites (N-methyl/N-ethyl adjacent to an activating group) is 1. The van der Waals surface area contributed by atoms with E-state index in [9.17, 15) is 0 Å². The fraction of sp³-hybridized carbons (Fsp3) is 0.500. The summed E-state index contributed by atoms with van der Waals surface area (Å²) < 4.78 is 5.46. The molecule has 0 saturated carbocycles. The molecule has 96 valence electrons. The maximum Gasteiger partial charge on any atom is 0.0739 e. The van der Waals surface area contributed by atoms with Crippen LogP contribution in [0.5, 0.6) is 0 Å². The molecule has 1 aromatic carbocycles. The van der Waals surface area contributed by atoms with Crippen LogP contribution in [-0.4, -0.2) is 45.3 Å². The Bertz CT molecular complexity index is 345. The van der Waals surface area contributed by atoms with E-state index in [4.69, 9.17) is 22.1 Å². The van der Waals surface area contributed by atoms with Crippen molar-refractivity contribution in [3.8, 4) is 0 Å². The van der Waals surface area contributed by atoms with Gasteiger partial charge in [0.05, 0.1) is 29.6 Å². The molecule has 0 radical (unpaired) electrons. The topological polar surface area (TPSA) is 50.5 Å². The van der Waals surface area contributed by atoms with E-state index in [1.165, 1.54) is 0 Å². The van der Waals surface area contributed by atoms with Crippen LogP contribution in [0.25, 0.3) is 0 Å². The van der Waals surface area contributed by atoms with Gasteiger partial charge in [-0.15, -0.1) is 0 Å². The molecule has 5 heteroatoms. The van der Waals surface area contributed by atoms with Gasteiger partial charge in [-0.1, -0.05) is 17.7 Å². The van der Waals surface area contributed by atoms with Gasteiger partial charge in [-0.05, 0) is 26.2 Å². The highest BCUT2D eigenvalue weighted by atomic mass is 35.5. The molecule has 0 spiro atoms. The van der Waals surface area contributed by atoms with Crippen LogP contribution in [0.2, 0.25) is 5.02 Å². The number of anilines is 2. The zero-order chi connectivity index (χ0) is 12.7. The molecule has 0 heterocycles. The Kier molecular flexibility index (Phi) is 6.11. The summed E-state index contributed by atoms with van der Waals surface area (Å²) in [4.78, 5) is 2.09. The molecular formula is C12H20ClN3O. The Morgan fingerprint density at radius 1 is 1.35 bits per heavy atom. The number of para-hydroxylation sites is 1. The fourth-order valence-corrected chi connectivity index (χ4v) is 1.47. The van der Waals surface area contributed by atoms with Gasteiger partial charge >= 0.3 is 0 Å². The zero-order valence-electron chi connectivity index (χ0n) is 10.4. The van der Waals surface area contributed by atoms with Crippen molar-refractivity contribution in [1.29, 1.82) is 0 Å². The summed E-state index contributed by atoms with van der Waals surface area (Å²) >= 11 is 5.91. The van der Waals surface area contributed by atoms with Crippen molar-refractivity contribution in [3.63, 3.8) is 0 Å². The number of nitrogens with one attached hydrogen (secondary N) is 1. The van der Waals surface area contributed by atoms with Crippen molar-refractivity contribution in [2.75, 3.05) is 51.4 Å². The molecule has 0 saturated heterocycles. The van der Waals surface area contributed by atoms with Crippen molar-refractivity contribution in [2.45, 2.75) is 0 Å². The van der Waals surface area contributed by atoms with Crippen LogP contribution in [0.15, 0.2) is 18.2 Å². The maximum absolute atomic E-state index is 5.91. The number of hydrogen-bond acceptors (Lipinski definition) is 4. The van der Waals surface area contributed by atoms with Crippen LogP contribution in [0.4, 0.5) is 11.4 Å². The molecule has 0 atom stereocenters. The largest absolute Gasteiger partial charge is 0.396 e. The first-order valence-corrected chi connectivity index (χ1v) is 5.99. The summed E-state index contributed by atoms with van der Waals surface area (Å²) in [6.07, 6.45) is 0. The van der Waals surface area contributed by atoms with Gasteiger partial charge in [0.1, 0.15) is 0 Å². The number of benzene rings is 1. The molecule has 4 nitrogen and oxygen atoms in total. The number of nitrogen functional groups attached to an aromatic ring is 1. The predicted octanol–water partition coefficient (Wildman–Crippen LogP) is 1.91. The number of halogens is 1. The van der Waals surface area contributed by atoms with Gasteiger partial charge in [0.15, 0.2) is 0 Å². The normalized spacial score (nSPS) is 10.8. The van der Waals surface area contributed by atoms with Crippen LogP contribution in [0.1, 0.15) is 0 Å². The Labute approximate surface area is 108 Å². The maximum atomic E-state index is 5.91. The van der Waals surface area contributed by atoms with Crippen molar-refractivity contribution in [2.24, 2.45) is 0 Å². The van der Waals surface area contributed by atoms with Gasteiger partial charge < -0.3 is 20.7 Å². The van der Waals surface area contributed by atoms with Crippen molar-refractivity contribution < 1.29 is 4.74 Å². The number of rotatable bonds is 7. The first kappa shape index (κ1) is 14.1. The second-order valence-corrected chi connectivity index (χ2v) is 4.45. The van der Waals surface area contributed by atoms with Crippen LogP contribution in [0, 0.1) is 0 Å². The molecule has 1 rings (SSSR count). The first-order valence-electron chi connectivity index (χ1n) is 5.61. The highest BCUT2D eigenvalue weighted by Gasteiger charge is 2.01. The summed E-state index contributed by atoms with van der Waals surface area (Å²) in [6, 6.07) is 5.55. The van der Waals surface area contributed by atoms with Gasteiger partial charge in [0, 0.05) is 13.1 Å². The van der Waals surface area contributed by atoms with Crippen molar-refractivity contribution in [3.05, 3.63) is 23.2 Å². The highest BCUT2D eigenvalue weighted by molar-refractivity contribution is 6.33. The molecule has 0 bridgehead atoms. The third kappa shape index (κ3) is 5.26. The molecule has 3 N–H and O–H groups in total. The van der Waals surface area contributed by atoms with E-state index in [0.29, 0.717) is 17.3 Å². The molecule has 0 aliphatic carbocycles. The van der Waals surface area contributed by atoms with Crippen LogP contribution >= 0.6 is 11.6 Å². The van der Waals surface area contributed by atoms with Crippen LogP contribution in [0.3, 0.4) is 0 Å². The van der Waals surface area contributed by atoms with E-state index < -0.39 is 0 Å². The van der Waals surface area contributed by atoms with Gasteiger partial charge in [-0.25, -0.2) is 0 Å². The molecule has 0 aliphatic heterocycles. The van der Waals surface area contributed by atoms with Gasteiger partial charge in [-0.2, -0.15) is 0 Å². The Hall–Kier alpha value is -0.970. The number of ether oxygens (including phenoxy) is 1. The van der Waals surface area contributed by atoms with Crippen LogP contribution < -0.4 is 11.1 Å². The predicted molar refractivity (Wildman–Crippen MR) is 73.7 cm³/mol. The average Bonchev–Trinajstić information content (AvgIpc) is 2.28. The second kappa shape index (κ2) is 7.37. The van der Waals surface area contributed by atoms with E-state index in [0.717, 1.165) is 25.4 Å². The lowest BCUT2D eigenvalue weighted by molar-refractivity contribution is 0.126. The lowest BCUT2D eigenvalue weighted by Gasteiger charge is -2.12. The Morgan fingerprint density at radius 3 is 2.82 bits per heavy atom. The first-order chi connectivity index (χ1) is 8.11. The molecule has 0 amide bonds. The summed E-state index contributed by atoms with van der Waals surface area (Å²) in [5, 5.41) is 3.77. The summed E-state index contributed by atoms with van der Waals surface area (Å²) in [6.45, 7) is 3.04. The third-order valence-electron chi connectivity index (χ3n) is 2.30. The number of nitrogens with two attached hydrogens (primary N) is 1. The van der Waals surface area contributed by atoms with E-state index in [-0.39, 0.29) is 0 Å². The number of nitrogens with zero attached hydrogens (tertiary/aromatic N) is 1. The number of hydrogen-bond donors (Lipinski definition) is 2. The van der Waals surface area contributed by atoms with E-state index in [2.05, 4.69) is 10.2 Å². The Morgan fingerprint density at radius 2 is 2.12 bits per heavy atom. The van der Waals surface area contributed by atoms with E-state index in [1.54, 1.807) is 6.07 Å². The quantitative estimate of drug-likeness (QED) is 0.579. The monoisotopic (exact) mass is 257 g/mol. The SMILES string of the molecule is CN(C)CCOCCNc1cccc(Cl)c1N. The van der Waals surface area contributed by atoms with E-state index >= 15 is 0 Å². The molecule has 0 unspecified atom stereocenters. The zero-order valence-corrected chi connectivity index (χ0v) is 11.1. The third-order valence-corrected chi connectivity index (χ3v) is 2.63. The molecule has 0 aliphatic rings. The van der Waals surface area contributed by atoms with Gasteiger partial charge in [0.2, 0.25) is 0 Å². The highest BCUT2D eigenvalue weighted by Crippen LogP contribution is 2.26. The van der Waals surface area contributed by atoms with Crippen LogP contribution in [-0.2, 0) is 4.74 Å². The standard InChI is InChI=1S/C12H20ClN3O/c1-16(2)7-9-17-8-6-15-11-5-3-4-10(13)12(11)14/h3-5,15H,6-9,14H2,1-2H3. The molecule has 17 heavy (non-hydrogen) atoms. The smallest absolute Gasteiger partial charge is 0.0739 e. The molecule has 0 aromatic heterocycles. The van der Waals surface area contributed by atoms with Gasteiger partial charge in [-0.3, -0.25) is 0 Å². The lowest BCUT2D eigenvalue weighted by atomic mass is 10.2. The minimum absolute atomic E-state index is 0.573. The minimum Gasteiger partial charge on any atom is -0.396 e.